The van der Waals surface area contributed by atoms with Crippen molar-refractivity contribution in [3.05, 3.63) is 72.6 Å². The first-order valence-electron chi connectivity index (χ1n) is 10.1. The second-order valence-electron chi connectivity index (χ2n) is 6.67. The molecule has 7 nitrogen and oxygen atoms in total. The molecule has 2 aromatic carbocycles. The molecule has 0 aliphatic heterocycles. The predicted molar refractivity (Wildman–Crippen MR) is 136 cm³/mol. The standard InChI is InChI=1S/C23H29N5O2.HI/c1-3-24-23(27-20-9-7-12-22(15-20)30-14-8-13-29-2)25-16-19-17-26-28(18-19)21-10-5-4-6-11-21;/h4-7,9-12,15,17-18H,3,8,13-14,16H2,1-2H3,(H2,24,25,27);1H. The lowest BCUT2D eigenvalue weighted by Gasteiger charge is -2.12. The number of methoxy groups -OCH3 is 1. The van der Waals surface area contributed by atoms with Gasteiger partial charge in [0.2, 0.25) is 0 Å². The zero-order valence-corrected chi connectivity index (χ0v) is 20.3. The molecule has 31 heavy (non-hydrogen) atoms. The maximum atomic E-state index is 5.77. The first-order valence-corrected chi connectivity index (χ1v) is 10.1. The van der Waals surface area contributed by atoms with Crippen molar-refractivity contribution in [2.24, 2.45) is 4.99 Å². The Balaban J connectivity index is 0.00000341. The van der Waals surface area contributed by atoms with Crippen molar-refractivity contribution in [3.63, 3.8) is 0 Å². The van der Waals surface area contributed by atoms with Gasteiger partial charge < -0.3 is 20.1 Å². The second kappa shape index (κ2) is 13.7. The molecule has 1 heterocycles. The zero-order chi connectivity index (χ0) is 21.0. The highest BCUT2D eigenvalue weighted by atomic mass is 127. The Hall–Kier alpha value is -2.59. The van der Waals surface area contributed by atoms with Gasteiger partial charge in [-0.15, -0.1) is 24.0 Å². The maximum absolute atomic E-state index is 5.77. The van der Waals surface area contributed by atoms with E-state index < -0.39 is 0 Å². The summed E-state index contributed by atoms with van der Waals surface area (Å²) in [7, 11) is 1.69. The molecule has 0 spiro atoms. The molecule has 0 amide bonds. The fraction of sp³-hybridized carbons (Fsp3) is 0.304. The number of guanidine groups is 1. The molecular formula is C23H30IN5O2. The van der Waals surface area contributed by atoms with Gasteiger partial charge in [-0.1, -0.05) is 24.3 Å². The van der Waals surface area contributed by atoms with Gasteiger partial charge in [-0.2, -0.15) is 5.10 Å². The van der Waals surface area contributed by atoms with Gasteiger partial charge in [0.15, 0.2) is 5.96 Å². The molecule has 0 atom stereocenters. The number of halogens is 1. The molecule has 8 heteroatoms. The van der Waals surface area contributed by atoms with Gasteiger partial charge in [0, 0.05) is 50.2 Å². The fourth-order valence-corrected chi connectivity index (χ4v) is 2.83. The number of aromatic nitrogens is 2. The van der Waals surface area contributed by atoms with Gasteiger partial charge in [-0.3, -0.25) is 0 Å². The summed E-state index contributed by atoms with van der Waals surface area (Å²) in [6.45, 7) is 4.64. The van der Waals surface area contributed by atoms with Crippen molar-refractivity contribution >= 4 is 35.6 Å². The van der Waals surface area contributed by atoms with E-state index in [1.807, 2.05) is 78.6 Å². The Labute approximate surface area is 200 Å². The third kappa shape index (κ3) is 8.22. The van der Waals surface area contributed by atoms with Crippen LogP contribution < -0.4 is 15.4 Å². The minimum atomic E-state index is 0. The van der Waals surface area contributed by atoms with E-state index >= 15 is 0 Å². The maximum Gasteiger partial charge on any atom is 0.196 e. The Morgan fingerprint density at radius 1 is 1.10 bits per heavy atom. The molecule has 0 saturated heterocycles. The van der Waals surface area contributed by atoms with Crippen LogP contribution in [0.2, 0.25) is 0 Å². The molecule has 3 rings (SSSR count). The van der Waals surface area contributed by atoms with E-state index in [2.05, 4.69) is 20.7 Å². The summed E-state index contributed by atoms with van der Waals surface area (Å²) < 4.78 is 12.7. The number of para-hydroxylation sites is 1. The summed E-state index contributed by atoms with van der Waals surface area (Å²) >= 11 is 0. The van der Waals surface area contributed by atoms with Gasteiger partial charge in [-0.05, 0) is 31.2 Å². The molecule has 2 N–H and O–H groups in total. The van der Waals surface area contributed by atoms with Gasteiger partial charge in [0.25, 0.3) is 0 Å². The van der Waals surface area contributed by atoms with Crippen LogP contribution in [0, 0.1) is 0 Å². The summed E-state index contributed by atoms with van der Waals surface area (Å²) in [5.74, 6) is 1.53. The largest absolute Gasteiger partial charge is 0.493 e. The van der Waals surface area contributed by atoms with Crippen LogP contribution in [-0.4, -0.2) is 42.6 Å². The summed E-state index contributed by atoms with van der Waals surface area (Å²) in [5, 5.41) is 11.0. The monoisotopic (exact) mass is 535 g/mol. The molecule has 0 bridgehead atoms. The number of anilines is 1. The highest BCUT2D eigenvalue weighted by Gasteiger charge is 2.04. The molecule has 0 fully saturated rings. The number of hydrogen-bond acceptors (Lipinski definition) is 4. The van der Waals surface area contributed by atoms with Crippen molar-refractivity contribution in [2.75, 3.05) is 32.2 Å². The van der Waals surface area contributed by atoms with Crippen LogP contribution in [0.4, 0.5) is 5.69 Å². The van der Waals surface area contributed by atoms with E-state index in [1.165, 1.54) is 0 Å². The number of hydrogen-bond donors (Lipinski definition) is 2. The van der Waals surface area contributed by atoms with Crippen LogP contribution >= 0.6 is 24.0 Å². The normalized spacial score (nSPS) is 11.0. The van der Waals surface area contributed by atoms with Crippen LogP contribution in [0.25, 0.3) is 5.69 Å². The highest BCUT2D eigenvalue weighted by molar-refractivity contribution is 14.0. The fourth-order valence-electron chi connectivity index (χ4n) is 2.83. The Morgan fingerprint density at radius 2 is 1.94 bits per heavy atom. The topological polar surface area (TPSA) is 72.7 Å². The lowest BCUT2D eigenvalue weighted by atomic mass is 10.3. The summed E-state index contributed by atoms with van der Waals surface area (Å²) in [4.78, 5) is 4.69. The van der Waals surface area contributed by atoms with Crippen molar-refractivity contribution in [2.45, 2.75) is 19.9 Å². The zero-order valence-electron chi connectivity index (χ0n) is 18.0. The van der Waals surface area contributed by atoms with Crippen molar-refractivity contribution < 1.29 is 9.47 Å². The lowest BCUT2D eigenvalue weighted by molar-refractivity contribution is 0.172. The third-order valence-electron chi connectivity index (χ3n) is 4.28. The summed E-state index contributed by atoms with van der Waals surface area (Å²) in [6.07, 6.45) is 4.69. The van der Waals surface area contributed by atoms with Crippen LogP contribution in [0.5, 0.6) is 5.75 Å². The van der Waals surface area contributed by atoms with E-state index in [-0.39, 0.29) is 24.0 Å². The number of nitrogens with zero attached hydrogens (tertiary/aromatic N) is 3. The lowest BCUT2D eigenvalue weighted by Crippen LogP contribution is -2.30. The van der Waals surface area contributed by atoms with Crippen molar-refractivity contribution in [1.82, 2.24) is 15.1 Å². The molecule has 0 saturated carbocycles. The second-order valence-corrected chi connectivity index (χ2v) is 6.67. The molecule has 0 aliphatic rings. The molecule has 0 unspecified atom stereocenters. The number of rotatable bonds is 10. The minimum Gasteiger partial charge on any atom is -0.493 e. The van der Waals surface area contributed by atoms with Gasteiger partial charge in [-0.25, -0.2) is 9.67 Å². The summed E-state index contributed by atoms with van der Waals surface area (Å²) in [6, 6.07) is 17.9. The van der Waals surface area contributed by atoms with Crippen LogP contribution in [-0.2, 0) is 11.3 Å². The SMILES string of the molecule is CCNC(=NCc1cnn(-c2ccccc2)c1)Nc1cccc(OCCCOC)c1.I. The summed E-state index contributed by atoms with van der Waals surface area (Å²) in [5.41, 5.74) is 2.98. The van der Waals surface area contributed by atoms with E-state index in [0.29, 0.717) is 25.7 Å². The van der Waals surface area contributed by atoms with E-state index in [4.69, 9.17) is 9.47 Å². The van der Waals surface area contributed by atoms with Gasteiger partial charge >= 0.3 is 0 Å². The number of ether oxygens (including phenoxy) is 2. The first kappa shape index (κ1) is 24.7. The van der Waals surface area contributed by atoms with Gasteiger partial charge in [0.1, 0.15) is 5.75 Å². The van der Waals surface area contributed by atoms with E-state index in [1.54, 1.807) is 7.11 Å². The quantitative estimate of drug-likeness (QED) is 0.173. The molecule has 3 aromatic rings. The molecule has 0 aliphatic carbocycles. The Bertz CT molecular complexity index is 930. The molecule has 1 aromatic heterocycles. The Morgan fingerprint density at radius 3 is 2.71 bits per heavy atom. The average Bonchev–Trinajstić information content (AvgIpc) is 3.25. The molecule has 0 radical (unpaired) electrons. The smallest absolute Gasteiger partial charge is 0.196 e. The highest BCUT2D eigenvalue weighted by Crippen LogP contribution is 2.17. The average molecular weight is 535 g/mol. The number of aliphatic imine (C=N–C) groups is 1. The van der Waals surface area contributed by atoms with Crippen LogP contribution in [0.15, 0.2) is 72.0 Å². The van der Waals surface area contributed by atoms with Gasteiger partial charge in [0.05, 0.1) is 25.0 Å². The minimum absolute atomic E-state index is 0. The van der Waals surface area contributed by atoms with Crippen LogP contribution in [0.1, 0.15) is 18.9 Å². The molecule has 166 valence electrons. The van der Waals surface area contributed by atoms with Crippen molar-refractivity contribution in [3.8, 4) is 11.4 Å². The van der Waals surface area contributed by atoms with Crippen molar-refractivity contribution in [1.29, 1.82) is 0 Å². The third-order valence-corrected chi connectivity index (χ3v) is 4.28. The number of nitrogens with one attached hydrogen (secondary N) is 2. The predicted octanol–water partition coefficient (Wildman–Crippen LogP) is 4.48. The van der Waals surface area contributed by atoms with E-state index in [9.17, 15) is 0 Å². The van der Waals surface area contributed by atoms with Crippen LogP contribution in [0.3, 0.4) is 0 Å². The number of benzene rings is 2. The first-order chi connectivity index (χ1) is 14.8. The Kier molecular flexibility index (Phi) is 10.9. The molecular weight excluding hydrogens is 505 g/mol. The van der Waals surface area contributed by atoms with E-state index in [0.717, 1.165) is 35.7 Å².